The lowest BCUT2D eigenvalue weighted by Gasteiger charge is -2.33. The summed E-state index contributed by atoms with van der Waals surface area (Å²) in [6.07, 6.45) is 6.42. The van der Waals surface area contributed by atoms with Crippen LogP contribution in [0.4, 0.5) is 5.95 Å². The zero-order valence-electron chi connectivity index (χ0n) is 14.2. The standard InChI is InChI=1S/C17H30N4/c1-13(2)15-6-8-21(9-7-15)16-18-10-14(11-19-16)12-20-17(3,4)5/h10-11,13,15,20H,6-9,12H2,1-5H3. The van der Waals surface area contributed by atoms with Crippen molar-refractivity contribution in [3.05, 3.63) is 18.0 Å². The maximum atomic E-state index is 4.55. The average Bonchev–Trinajstić information content (AvgIpc) is 2.45. The summed E-state index contributed by atoms with van der Waals surface area (Å²) in [7, 11) is 0. The molecule has 0 saturated carbocycles. The first kappa shape index (κ1) is 16.2. The van der Waals surface area contributed by atoms with Crippen molar-refractivity contribution >= 4 is 5.95 Å². The van der Waals surface area contributed by atoms with E-state index < -0.39 is 0 Å². The van der Waals surface area contributed by atoms with Crippen molar-refractivity contribution in [1.29, 1.82) is 0 Å². The maximum Gasteiger partial charge on any atom is 0.225 e. The van der Waals surface area contributed by atoms with E-state index in [0.717, 1.165) is 43.0 Å². The van der Waals surface area contributed by atoms with Gasteiger partial charge in [0, 0.05) is 43.1 Å². The van der Waals surface area contributed by atoms with Gasteiger partial charge in [0.05, 0.1) is 0 Å². The highest BCUT2D eigenvalue weighted by atomic mass is 15.2. The molecule has 1 aromatic heterocycles. The van der Waals surface area contributed by atoms with Crippen LogP contribution in [0.5, 0.6) is 0 Å². The Morgan fingerprint density at radius 1 is 1.19 bits per heavy atom. The van der Waals surface area contributed by atoms with Crippen LogP contribution in [0.15, 0.2) is 12.4 Å². The van der Waals surface area contributed by atoms with Crippen molar-refractivity contribution in [2.24, 2.45) is 11.8 Å². The minimum Gasteiger partial charge on any atom is -0.341 e. The normalized spacial score (nSPS) is 17.5. The fourth-order valence-electron chi connectivity index (χ4n) is 2.74. The zero-order valence-corrected chi connectivity index (χ0v) is 14.2. The van der Waals surface area contributed by atoms with E-state index in [-0.39, 0.29) is 5.54 Å². The highest BCUT2D eigenvalue weighted by Gasteiger charge is 2.22. The summed E-state index contributed by atoms with van der Waals surface area (Å²) >= 11 is 0. The maximum absolute atomic E-state index is 4.55. The molecule has 1 aliphatic rings. The van der Waals surface area contributed by atoms with Crippen molar-refractivity contribution in [3.63, 3.8) is 0 Å². The Bertz CT molecular complexity index is 425. The number of rotatable bonds is 4. The van der Waals surface area contributed by atoms with E-state index in [9.17, 15) is 0 Å². The minimum atomic E-state index is 0.122. The summed E-state index contributed by atoms with van der Waals surface area (Å²) in [6, 6.07) is 0. The minimum absolute atomic E-state index is 0.122. The lowest BCUT2D eigenvalue weighted by molar-refractivity contribution is 0.310. The quantitative estimate of drug-likeness (QED) is 0.924. The molecule has 0 amide bonds. The smallest absolute Gasteiger partial charge is 0.225 e. The van der Waals surface area contributed by atoms with Crippen LogP contribution >= 0.6 is 0 Å². The van der Waals surface area contributed by atoms with Gasteiger partial charge in [-0.05, 0) is 45.4 Å². The molecule has 0 spiro atoms. The van der Waals surface area contributed by atoms with Crippen LogP contribution in [0.25, 0.3) is 0 Å². The molecule has 0 atom stereocenters. The molecule has 0 bridgehead atoms. The summed E-state index contributed by atoms with van der Waals surface area (Å²) < 4.78 is 0. The van der Waals surface area contributed by atoms with Crippen LogP contribution in [0.1, 0.15) is 53.0 Å². The fraction of sp³-hybridized carbons (Fsp3) is 0.765. The molecule has 21 heavy (non-hydrogen) atoms. The number of nitrogens with one attached hydrogen (secondary N) is 1. The Morgan fingerprint density at radius 3 is 2.24 bits per heavy atom. The molecule has 1 aromatic rings. The van der Waals surface area contributed by atoms with E-state index in [1.54, 1.807) is 0 Å². The van der Waals surface area contributed by atoms with Crippen molar-refractivity contribution in [1.82, 2.24) is 15.3 Å². The van der Waals surface area contributed by atoms with Gasteiger partial charge in [0.2, 0.25) is 5.95 Å². The molecule has 0 aliphatic carbocycles. The number of aromatic nitrogens is 2. The average molecular weight is 290 g/mol. The molecule has 2 heterocycles. The summed E-state index contributed by atoms with van der Waals surface area (Å²) in [5, 5.41) is 3.46. The van der Waals surface area contributed by atoms with Gasteiger partial charge < -0.3 is 10.2 Å². The third kappa shape index (κ3) is 4.95. The van der Waals surface area contributed by atoms with Crippen molar-refractivity contribution in [2.45, 2.75) is 59.5 Å². The molecule has 1 saturated heterocycles. The van der Waals surface area contributed by atoms with Crippen molar-refractivity contribution in [3.8, 4) is 0 Å². The van der Waals surface area contributed by atoms with Gasteiger partial charge in [-0.1, -0.05) is 13.8 Å². The highest BCUT2D eigenvalue weighted by Crippen LogP contribution is 2.26. The van der Waals surface area contributed by atoms with E-state index in [2.05, 4.69) is 54.8 Å². The Balaban J connectivity index is 1.88. The number of hydrogen-bond donors (Lipinski definition) is 1. The monoisotopic (exact) mass is 290 g/mol. The van der Waals surface area contributed by atoms with Crippen LogP contribution in [0, 0.1) is 11.8 Å². The van der Waals surface area contributed by atoms with Crippen LogP contribution in [-0.4, -0.2) is 28.6 Å². The molecular weight excluding hydrogens is 260 g/mol. The summed E-state index contributed by atoms with van der Waals surface area (Å²) in [5.74, 6) is 2.53. The second-order valence-corrected chi connectivity index (χ2v) is 7.56. The third-order valence-electron chi connectivity index (χ3n) is 4.28. The second-order valence-electron chi connectivity index (χ2n) is 7.56. The van der Waals surface area contributed by atoms with E-state index in [1.165, 1.54) is 12.8 Å². The van der Waals surface area contributed by atoms with Crippen LogP contribution in [0.3, 0.4) is 0 Å². The van der Waals surface area contributed by atoms with E-state index in [1.807, 2.05) is 12.4 Å². The molecule has 0 aromatic carbocycles. The Morgan fingerprint density at radius 2 is 1.76 bits per heavy atom. The molecular formula is C17H30N4. The molecule has 1 N–H and O–H groups in total. The molecule has 118 valence electrons. The Kier molecular flexibility index (Phi) is 5.20. The second kappa shape index (κ2) is 6.73. The van der Waals surface area contributed by atoms with Gasteiger partial charge in [0.15, 0.2) is 0 Å². The van der Waals surface area contributed by atoms with E-state index in [4.69, 9.17) is 0 Å². The highest BCUT2D eigenvalue weighted by molar-refractivity contribution is 5.30. The van der Waals surface area contributed by atoms with E-state index in [0.29, 0.717) is 0 Å². The predicted octanol–water partition coefficient (Wildman–Crippen LogP) is 3.24. The van der Waals surface area contributed by atoms with Crippen LogP contribution in [-0.2, 0) is 6.54 Å². The SMILES string of the molecule is CC(C)C1CCN(c2ncc(CNC(C)(C)C)cn2)CC1. The predicted molar refractivity (Wildman–Crippen MR) is 88.4 cm³/mol. The molecule has 4 heteroatoms. The summed E-state index contributed by atoms with van der Waals surface area (Å²) in [6.45, 7) is 14.1. The molecule has 4 nitrogen and oxygen atoms in total. The van der Waals surface area contributed by atoms with E-state index >= 15 is 0 Å². The van der Waals surface area contributed by atoms with Crippen molar-refractivity contribution < 1.29 is 0 Å². The van der Waals surface area contributed by atoms with Gasteiger partial charge in [-0.3, -0.25) is 0 Å². The molecule has 0 radical (unpaired) electrons. The van der Waals surface area contributed by atoms with Crippen LogP contribution < -0.4 is 10.2 Å². The molecule has 0 unspecified atom stereocenters. The molecule has 2 rings (SSSR count). The first-order valence-electron chi connectivity index (χ1n) is 8.16. The fourth-order valence-corrected chi connectivity index (χ4v) is 2.74. The van der Waals surface area contributed by atoms with Gasteiger partial charge >= 0.3 is 0 Å². The Hall–Kier alpha value is -1.16. The first-order chi connectivity index (χ1) is 9.85. The van der Waals surface area contributed by atoms with Gasteiger partial charge in [-0.2, -0.15) is 0 Å². The molecule has 1 fully saturated rings. The van der Waals surface area contributed by atoms with Gasteiger partial charge in [-0.25, -0.2) is 9.97 Å². The Labute approximate surface area is 129 Å². The zero-order chi connectivity index (χ0) is 15.5. The van der Waals surface area contributed by atoms with Crippen LogP contribution in [0.2, 0.25) is 0 Å². The number of nitrogens with zero attached hydrogens (tertiary/aromatic N) is 3. The van der Waals surface area contributed by atoms with Crippen molar-refractivity contribution in [2.75, 3.05) is 18.0 Å². The number of piperidine rings is 1. The largest absolute Gasteiger partial charge is 0.341 e. The molecule has 1 aliphatic heterocycles. The third-order valence-corrected chi connectivity index (χ3v) is 4.28. The number of hydrogen-bond acceptors (Lipinski definition) is 4. The van der Waals surface area contributed by atoms with Gasteiger partial charge in [0.1, 0.15) is 0 Å². The first-order valence-corrected chi connectivity index (χ1v) is 8.16. The summed E-state index contributed by atoms with van der Waals surface area (Å²) in [4.78, 5) is 11.4. The van der Waals surface area contributed by atoms with Gasteiger partial charge in [0.25, 0.3) is 0 Å². The summed E-state index contributed by atoms with van der Waals surface area (Å²) in [5.41, 5.74) is 1.27. The lowest BCUT2D eigenvalue weighted by atomic mass is 9.87. The van der Waals surface area contributed by atoms with Gasteiger partial charge in [-0.15, -0.1) is 0 Å². The topological polar surface area (TPSA) is 41.1 Å². The number of anilines is 1. The lowest BCUT2D eigenvalue weighted by Crippen LogP contribution is -2.36.